The van der Waals surface area contributed by atoms with Crippen molar-refractivity contribution in [1.29, 1.82) is 0 Å². The third-order valence-corrected chi connectivity index (χ3v) is 4.29. The first-order chi connectivity index (χ1) is 10.6. The van der Waals surface area contributed by atoms with Gasteiger partial charge >= 0.3 is 0 Å². The second kappa shape index (κ2) is 6.63. The van der Waals surface area contributed by atoms with Crippen molar-refractivity contribution in [2.75, 3.05) is 23.3 Å². The number of furan rings is 1. The Morgan fingerprint density at radius 1 is 1.14 bits per heavy atom. The van der Waals surface area contributed by atoms with Crippen LogP contribution in [-0.2, 0) is 0 Å². The fourth-order valence-corrected chi connectivity index (χ4v) is 3.04. The van der Waals surface area contributed by atoms with Crippen molar-refractivity contribution in [1.82, 2.24) is 0 Å². The lowest BCUT2D eigenvalue weighted by atomic mass is 10.1. The molecule has 1 amide bonds. The molecule has 2 aromatic rings. The van der Waals surface area contributed by atoms with Gasteiger partial charge in [0.15, 0.2) is 0 Å². The van der Waals surface area contributed by atoms with E-state index in [9.17, 15) is 4.79 Å². The van der Waals surface area contributed by atoms with E-state index in [1.807, 2.05) is 12.1 Å². The average molecular weight is 339 g/mol. The number of nitrogens with one attached hydrogen (secondary N) is 1. The van der Waals surface area contributed by atoms with Crippen LogP contribution in [0, 0.1) is 0 Å². The number of halogens is 2. The van der Waals surface area contributed by atoms with E-state index >= 15 is 0 Å². The molecule has 1 saturated heterocycles. The summed E-state index contributed by atoms with van der Waals surface area (Å²) < 4.78 is 4.96. The molecule has 0 aliphatic carbocycles. The molecule has 0 radical (unpaired) electrons. The summed E-state index contributed by atoms with van der Waals surface area (Å²) in [4.78, 5) is 14.6. The summed E-state index contributed by atoms with van der Waals surface area (Å²) in [7, 11) is 0. The number of anilines is 2. The minimum Gasteiger partial charge on any atom is -0.452 e. The van der Waals surface area contributed by atoms with Crippen molar-refractivity contribution in [2.24, 2.45) is 0 Å². The maximum atomic E-state index is 12.3. The minimum absolute atomic E-state index is 0.0825. The largest absolute Gasteiger partial charge is 0.452 e. The Kier molecular flexibility index (Phi) is 4.60. The van der Waals surface area contributed by atoms with Crippen LogP contribution < -0.4 is 10.2 Å². The van der Waals surface area contributed by atoms with Crippen LogP contribution in [0.25, 0.3) is 0 Å². The third kappa shape index (κ3) is 3.23. The highest BCUT2D eigenvalue weighted by Crippen LogP contribution is 2.32. The van der Waals surface area contributed by atoms with Crippen LogP contribution in [0.3, 0.4) is 0 Å². The second-order valence-electron chi connectivity index (χ2n) is 5.27. The summed E-state index contributed by atoms with van der Waals surface area (Å²) in [5.74, 6) is -0.306. The molecule has 1 aromatic carbocycles. The van der Waals surface area contributed by atoms with E-state index in [0.717, 1.165) is 31.6 Å². The zero-order valence-electron chi connectivity index (χ0n) is 11.9. The predicted octanol–water partition coefficient (Wildman–Crippen LogP) is 4.83. The van der Waals surface area contributed by atoms with Gasteiger partial charge in [-0.2, -0.15) is 0 Å². The van der Waals surface area contributed by atoms with Gasteiger partial charge in [0.2, 0.25) is 5.22 Å². The Labute approximate surface area is 139 Å². The highest BCUT2D eigenvalue weighted by Gasteiger charge is 2.18. The second-order valence-corrected chi connectivity index (χ2v) is 6.05. The minimum atomic E-state index is -0.306. The number of benzene rings is 1. The van der Waals surface area contributed by atoms with Crippen LogP contribution >= 0.6 is 23.2 Å². The number of hydrogen-bond acceptors (Lipinski definition) is 3. The average Bonchev–Trinajstić information content (AvgIpc) is 2.94. The van der Waals surface area contributed by atoms with Crippen LogP contribution in [0.1, 0.15) is 29.6 Å². The smallest absolute Gasteiger partial charge is 0.260 e. The summed E-state index contributed by atoms with van der Waals surface area (Å²) in [6, 6.07) is 7.09. The number of nitrogens with zero attached hydrogens (tertiary/aromatic N) is 1. The van der Waals surface area contributed by atoms with E-state index in [2.05, 4.69) is 10.2 Å². The van der Waals surface area contributed by atoms with Gasteiger partial charge < -0.3 is 14.6 Å². The first kappa shape index (κ1) is 15.3. The van der Waals surface area contributed by atoms with E-state index in [-0.39, 0.29) is 11.1 Å². The Balaban J connectivity index is 1.87. The van der Waals surface area contributed by atoms with Crippen molar-refractivity contribution < 1.29 is 9.21 Å². The monoisotopic (exact) mass is 338 g/mol. The van der Waals surface area contributed by atoms with E-state index in [1.54, 1.807) is 12.1 Å². The number of hydrogen-bond donors (Lipinski definition) is 1. The molecule has 1 N–H and O–H groups in total. The Bertz CT molecular complexity index is 679. The number of piperidine rings is 1. The first-order valence-corrected chi connectivity index (χ1v) is 7.99. The molecule has 1 fully saturated rings. The molecule has 1 aromatic heterocycles. The molecule has 0 saturated carbocycles. The van der Waals surface area contributed by atoms with Gasteiger partial charge in [-0.3, -0.25) is 4.79 Å². The molecular formula is C16H16Cl2N2O2. The van der Waals surface area contributed by atoms with Gasteiger partial charge in [0.05, 0.1) is 23.2 Å². The van der Waals surface area contributed by atoms with Crippen molar-refractivity contribution >= 4 is 40.5 Å². The molecule has 1 aliphatic rings. The Hall–Kier alpha value is -1.65. The van der Waals surface area contributed by atoms with E-state index in [4.69, 9.17) is 27.6 Å². The maximum absolute atomic E-state index is 12.3. The summed E-state index contributed by atoms with van der Waals surface area (Å²) in [5, 5.41) is 3.54. The summed E-state index contributed by atoms with van der Waals surface area (Å²) in [6.07, 6.45) is 4.95. The molecular weight excluding hydrogens is 323 g/mol. The van der Waals surface area contributed by atoms with Crippen LogP contribution in [0.4, 0.5) is 11.4 Å². The fourth-order valence-electron chi connectivity index (χ4n) is 2.66. The number of amides is 1. The fraction of sp³-hybridized carbons (Fsp3) is 0.312. The predicted molar refractivity (Wildman–Crippen MR) is 89.2 cm³/mol. The zero-order valence-corrected chi connectivity index (χ0v) is 13.5. The highest BCUT2D eigenvalue weighted by atomic mass is 35.5. The summed E-state index contributed by atoms with van der Waals surface area (Å²) in [6.45, 7) is 1.97. The topological polar surface area (TPSA) is 45.5 Å². The van der Waals surface area contributed by atoms with E-state index in [0.29, 0.717) is 16.3 Å². The Morgan fingerprint density at radius 2 is 1.91 bits per heavy atom. The lowest BCUT2D eigenvalue weighted by Crippen LogP contribution is -2.30. The van der Waals surface area contributed by atoms with Gasteiger partial charge in [-0.1, -0.05) is 11.6 Å². The molecule has 22 heavy (non-hydrogen) atoms. The van der Waals surface area contributed by atoms with Gasteiger partial charge in [-0.25, -0.2) is 0 Å². The SMILES string of the molecule is O=C(Nc1cc(Cl)ccc1N1CCCCC1)c1ccoc1Cl. The quantitative estimate of drug-likeness (QED) is 0.871. The summed E-state index contributed by atoms with van der Waals surface area (Å²) >= 11 is 11.9. The number of carbonyl (C=O) groups is 1. The van der Waals surface area contributed by atoms with Crippen molar-refractivity contribution in [2.45, 2.75) is 19.3 Å². The molecule has 0 unspecified atom stereocenters. The van der Waals surface area contributed by atoms with Crippen LogP contribution in [0.2, 0.25) is 10.2 Å². The maximum Gasteiger partial charge on any atom is 0.260 e. The van der Waals surface area contributed by atoms with Crippen LogP contribution in [0.15, 0.2) is 34.9 Å². The third-order valence-electron chi connectivity index (χ3n) is 3.77. The molecule has 2 heterocycles. The van der Waals surface area contributed by atoms with Gasteiger partial charge in [-0.05, 0) is 55.1 Å². The lowest BCUT2D eigenvalue weighted by molar-refractivity contribution is 0.102. The first-order valence-electron chi connectivity index (χ1n) is 7.24. The van der Waals surface area contributed by atoms with Crippen molar-refractivity contribution in [3.05, 3.63) is 46.3 Å². The normalized spacial score (nSPS) is 14.9. The number of rotatable bonds is 3. The van der Waals surface area contributed by atoms with Gasteiger partial charge in [0.25, 0.3) is 5.91 Å². The molecule has 0 bridgehead atoms. The molecule has 1 aliphatic heterocycles. The summed E-state index contributed by atoms with van der Waals surface area (Å²) in [5.41, 5.74) is 1.99. The van der Waals surface area contributed by atoms with E-state index in [1.165, 1.54) is 12.7 Å². The van der Waals surface area contributed by atoms with Crippen molar-refractivity contribution in [3.8, 4) is 0 Å². The van der Waals surface area contributed by atoms with Gasteiger partial charge in [0.1, 0.15) is 0 Å². The molecule has 0 atom stereocenters. The van der Waals surface area contributed by atoms with Crippen LogP contribution in [0.5, 0.6) is 0 Å². The molecule has 3 rings (SSSR count). The molecule has 6 heteroatoms. The van der Waals surface area contributed by atoms with Crippen molar-refractivity contribution in [3.63, 3.8) is 0 Å². The van der Waals surface area contributed by atoms with Gasteiger partial charge in [-0.15, -0.1) is 0 Å². The Morgan fingerprint density at radius 3 is 2.59 bits per heavy atom. The highest BCUT2D eigenvalue weighted by molar-refractivity contribution is 6.33. The zero-order chi connectivity index (χ0) is 15.5. The van der Waals surface area contributed by atoms with Crippen LogP contribution in [-0.4, -0.2) is 19.0 Å². The van der Waals surface area contributed by atoms with Gasteiger partial charge in [0, 0.05) is 18.1 Å². The number of carbonyl (C=O) groups excluding carboxylic acids is 1. The molecule has 4 nitrogen and oxygen atoms in total. The standard InChI is InChI=1S/C16H16Cl2N2O2/c17-11-4-5-14(20-7-2-1-3-8-20)13(10-11)19-16(21)12-6-9-22-15(12)18/h4-6,9-10H,1-3,7-8H2,(H,19,21). The lowest BCUT2D eigenvalue weighted by Gasteiger charge is -2.30. The molecule has 116 valence electrons. The molecule has 0 spiro atoms. The van der Waals surface area contributed by atoms with E-state index < -0.39 is 0 Å².